The standard InChI is InChI=1S/C11H18N2O4S/c12-18(14,15)11-4-3-10(17-11)8-13-6-5-9-2-1-7-16-9/h3-4,9,13H,1-2,5-8H2,(H2,12,14,15). The molecule has 18 heavy (non-hydrogen) atoms. The molecule has 2 rings (SSSR count). The maximum absolute atomic E-state index is 11.0. The lowest BCUT2D eigenvalue weighted by molar-refractivity contribution is 0.104. The van der Waals surface area contributed by atoms with Crippen LogP contribution in [-0.2, 0) is 21.3 Å². The summed E-state index contributed by atoms with van der Waals surface area (Å²) in [6.45, 7) is 2.17. The molecule has 2 heterocycles. The lowest BCUT2D eigenvalue weighted by Crippen LogP contribution is -2.19. The SMILES string of the molecule is NS(=O)(=O)c1ccc(CNCCC2CCCO2)o1. The highest BCUT2D eigenvalue weighted by Crippen LogP contribution is 2.15. The van der Waals surface area contributed by atoms with Crippen molar-refractivity contribution in [1.29, 1.82) is 0 Å². The Hall–Kier alpha value is -0.890. The summed E-state index contributed by atoms with van der Waals surface area (Å²) in [5.41, 5.74) is 0. The Kier molecular flexibility index (Phi) is 4.39. The zero-order valence-electron chi connectivity index (χ0n) is 10.1. The largest absolute Gasteiger partial charge is 0.447 e. The van der Waals surface area contributed by atoms with Gasteiger partial charge in [-0.25, -0.2) is 13.6 Å². The van der Waals surface area contributed by atoms with Crippen molar-refractivity contribution in [2.45, 2.75) is 37.0 Å². The molecule has 1 aliphatic rings. The summed E-state index contributed by atoms with van der Waals surface area (Å²) in [6, 6.07) is 2.98. The van der Waals surface area contributed by atoms with Gasteiger partial charge >= 0.3 is 0 Å². The molecule has 0 bridgehead atoms. The summed E-state index contributed by atoms with van der Waals surface area (Å²) in [7, 11) is -3.74. The second-order valence-electron chi connectivity index (χ2n) is 4.37. The lowest BCUT2D eigenvalue weighted by Gasteiger charge is -2.08. The molecule has 1 fully saturated rings. The molecule has 1 atom stereocenters. The van der Waals surface area contributed by atoms with Gasteiger partial charge in [-0.05, 0) is 37.9 Å². The third-order valence-electron chi connectivity index (χ3n) is 2.88. The van der Waals surface area contributed by atoms with Gasteiger partial charge in [0, 0.05) is 6.61 Å². The van der Waals surface area contributed by atoms with Crippen molar-refractivity contribution >= 4 is 10.0 Å². The molecule has 0 aliphatic carbocycles. The average Bonchev–Trinajstić information content (AvgIpc) is 2.95. The van der Waals surface area contributed by atoms with Gasteiger partial charge in [0.25, 0.3) is 10.0 Å². The Morgan fingerprint density at radius 2 is 2.28 bits per heavy atom. The van der Waals surface area contributed by atoms with Crippen molar-refractivity contribution in [2.75, 3.05) is 13.2 Å². The van der Waals surface area contributed by atoms with Gasteiger partial charge < -0.3 is 14.5 Å². The summed E-state index contributed by atoms with van der Waals surface area (Å²) in [4.78, 5) is 0. The summed E-state index contributed by atoms with van der Waals surface area (Å²) >= 11 is 0. The van der Waals surface area contributed by atoms with E-state index >= 15 is 0 Å². The van der Waals surface area contributed by atoms with E-state index in [0.29, 0.717) is 18.4 Å². The topological polar surface area (TPSA) is 94.6 Å². The van der Waals surface area contributed by atoms with Gasteiger partial charge in [-0.2, -0.15) is 0 Å². The molecule has 1 aromatic rings. The molecular weight excluding hydrogens is 256 g/mol. The molecule has 1 aromatic heterocycles. The van der Waals surface area contributed by atoms with Gasteiger partial charge in [-0.15, -0.1) is 0 Å². The second kappa shape index (κ2) is 5.83. The van der Waals surface area contributed by atoms with E-state index in [9.17, 15) is 8.42 Å². The van der Waals surface area contributed by atoms with E-state index in [1.807, 2.05) is 0 Å². The fourth-order valence-electron chi connectivity index (χ4n) is 1.95. The molecule has 1 saturated heterocycles. The van der Waals surface area contributed by atoms with Crippen molar-refractivity contribution in [1.82, 2.24) is 5.32 Å². The molecule has 0 amide bonds. The normalized spacial score (nSPS) is 20.4. The van der Waals surface area contributed by atoms with Crippen LogP contribution in [0.1, 0.15) is 25.0 Å². The Labute approximate surface area is 107 Å². The van der Waals surface area contributed by atoms with Crippen LogP contribution >= 0.6 is 0 Å². The molecule has 0 spiro atoms. The maximum atomic E-state index is 11.0. The Bertz CT molecular complexity index is 477. The molecule has 1 aliphatic heterocycles. The van der Waals surface area contributed by atoms with Crippen molar-refractivity contribution in [3.05, 3.63) is 17.9 Å². The minimum Gasteiger partial charge on any atom is -0.447 e. The Balaban J connectivity index is 1.71. The molecule has 102 valence electrons. The van der Waals surface area contributed by atoms with Crippen LogP contribution in [0.4, 0.5) is 0 Å². The summed E-state index contributed by atoms with van der Waals surface area (Å²) in [5.74, 6) is 0.561. The van der Waals surface area contributed by atoms with Gasteiger partial charge in [0.1, 0.15) is 5.76 Å². The van der Waals surface area contributed by atoms with Crippen LogP contribution in [0.5, 0.6) is 0 Å². The highest BCUT2D eigenvalue weighted by atomic mass is 32.2. The number of hydrogen-bond donors (Lipinski definition) is 2. The highest BCUT2D eigenvalue weighted by Gasteiger charge is 2.15. The first-order chi connectivity index (χ1) is 8.55. The zero-order valence-corrected chi connectivity index (χ0v) is 10.9. The number of nitrogens with one attached hydrogen (secondary N) is 1. The molecule has 7 heteroatoms. The first kappa shape index (κ1) is 13.5. The van der Waals surface area contributed by atoms with Gasteiger partial charge in [0.2, 0.25) is 5.09 Å². The van der Waals surface area contributed by atoms with Crippen LogP contribution in [-0.4, -0.2) is 27.7 Å². The van der Waals surface area contributed by atoms with Gasteiger partial charge in [-0.1, -0.05) is 0 Å². The molecular formula is C11H18N2O4S. The average molecular weight is 274 g/mol. The quantitative estimate of drug-likeness (QED) is 0.740. The first-order valence-corrected chi connectivity index (χ1v) is 7.54. The third kappa shape index (κ3) is 3.81. The number of primary sulfonamides is 1. The molecule has 3 N–H and O–H groups in total. The summed E-state index contributed by atoms with van der Waals surface area (Å²) in [5, 5.41) is 7.94. The minimum atomic E-state index is -3.74. The third-order valence-corrected chi connectivity index (χ3v) is 3.66. The van der Waals surface area contributed by atoms with Crippen LogP contribution in [0.25, 0.3) is 0 Å². The predicted molar refractivity (Wildman–Crippen MR) is 65.4 cm³/mol. The number of rotatable bonds is 6. The van der Waals surface area contributed by atoms with Crippen LogP contribution < -0.4 is 10.5 Å². The van der Waals surface area contributed by atoms with Crippen molar-refractivity contribution in [2.24, 2.45) is 5.14 Å². The first-order valence-electron chi connectivity index (χ1n) is 5.99. The summed E-state index contributed by atoms with van der Waals surface area (Å²) in [6.07, 6.45) is 3.58. The Morgan fingerprint density at radius 1 is 1.44 bits per heavy atom. The summed E-state index contributed by atoms with van der Waals surface area (Å²) < 4.78 is 32.6. The molecule has 6 nitrogen and oxygen atoms in total. The van der Waals surface area contributed by atoms with Gasteiger partial charge in [0.15, 0.2) is 0 Å². The fraction of sp³-hybridized carbons (Fsp3) is 0.636. The number of sulfonamides is 1. The minimum absolute atomic E-state index is 0.196. The smallest absolute Gasteiger partial charge is 0.271 e. The van der Waals surface area contributed by atoms with Gasteiger partial charge in [0.05, 0.1) is 12.6 Å². The lowest BCUT2D eigenvalue weighted by atomic mass is 10.2. The van der Waals surface area contributed by atoms with Crippen LogP contribution in [0.3, 0.4) is 0 Å². The molecule has 1 unspecified atom stereocenters. The molecule has 0 radical (unpaired) electrons. The van der Waals surface area contributed by atoms with Crippen molar-refractivity contribution in [3.63, 3.8) is 0 Å². The number of ether oxygens (including phenoxy) is 1. The predicted octanol–water partition coefficient (Wildman–Crippen LogP) is 0.586. The van der Waals surface area contributed by atoms with E-state index < -0.39 is 10.0 Å². The van der Waals surface area contributed by atoms with E-state index in [2.05, 4.69) is 5.32 Å². The van der Waals surface area contributed by atoms with E-state index in [1.54, 1.807) is 6.07 Å². The van der Waals surface area contributed by atoms with E-state index in [0.717, 1.165) is 32.4 Å². The van der Waals surface area contributed by atoms with E-state index in [1.165, 1.54) is 6.07 Å². The second-order valence-corrected chi connectivity index (χ2v) is 5.86. The molecule has 0 aromatic carbocycles. The maximum Gasteiger partial charge on any atom is 0.271 e. The number of hydrogen-bond acceptors (Lipinski definition) is 5. The highest BCUT2D eigenvalue weighted by molar-refractivity contribution is 7.89. The zero-order chi connectivity index (χ0) is 13.0. The van der Waals surface area contributed by atoms with Crippen LogP contribution in [0.2, 0.25) is 0 Å². The van der Waals surface area contributed by atoms with Crippen LogP contribution in [0.15, 0.2) is 21.6 Å². The van der Waals surface area contributed by atoms with Crippen molar-refractivity contribution in [3.8, 4) is 0 Å². The van der Waals surface area contributed by atoms with Gasteiger partial charge in [-0.3, -0.25) is 0 Å². The van der Waals surface area contributed by atoms with Crippen molar-refractivity contribution < 1.29 is 17.6 Å². The Morgan fingerprint density at radius 3 is 2.89 bits per heavy atom. The van der Waals surface area contributed by atoms with E-state index in [4.69, 9.17) is 14.3 Å². The fourth-order valence-corrected chi connectivity index (χ4v) is 2.43. The molecule has 0 saturated carbocycles. The number of furan rings is 1. The monoisotopic (exact) mass is 274 g/mol. The van der Waals surface area contributed by atoms with Crippen LogP contribution in [0, 0.1) is 0 Å². The van der Waals surface area contributed by atoms with E-state index in [-0.39, 0.29) is 5.09 Å². The number of nitrogens with two attached hydrogens (primary N) is 1.